The average molecular weight is 466 g/mol. The van der Waals surface area contributed by atoms with Gasteiger partial charge in [-0.15, -0.1) is 0 Å². The fraction of sp³-hybridized carbons (Fsp3) is 0.364. The maximum atomic E-state index is 12.9. The second-order valence-corrected chi connectivity index (χ2v) is 9.50. The highest BCUT2D eigenvalue weighted by Gasteiger charge is 2.28. The van der Waals surface area contributed by atoms with Crippen molar-refractivity contribution in [3.05, 3.63) is 59.1 Å². The van der Waals surface area contributed by atoms with E-state index in [-0.39, 0.29) is 21.7 Å². The largest absolute Gasteiger partial charge is 0.339 e. The topological polar surface area (TPSA) is 95.6 Å². The maximum absolute atomic E-state index is 12.9. The van der Waals surface area contributed by atoms with Gasteiger partial charge >= 0.3 is 0 Å². The Hall–Kier alpha value is -2.42. The fourth-order valence-electron chi connectivity index (χ4n) is 3.01. The second-order valence-electron chi connectivity index (χ2n) is 7.35. The molecule has 0 aromatic heterocycles. The first-order valence-electron chi connectivity index (χ1n) is 10.1. The van der Waals surface area contributed by atoms with Crippen molar-refractivity contribution in [1.82, 2.24) is 9.62 Å². The zero-order chi connectivity index (χ0) is 23.2. The molecule has 0 aliphatic carbocycles. The van der Waals surface area contributed by atoms with Gasteiger partial charge in [0.25, 0.3) is 5.91 Å². The van der Waals surface area contributed by atoms with Crippen LogP contribution in [0.3, 0.4) is 0 Å². The lowest BCUT2D eigenvalue weighted by atomic mass is 10.0. The van der Waals surface area contributed by atoms with Crippen LogP contribution in [0.1, 0.15) is 38.1 Å². The minimum Gasteiger partial charge on any atom is -0.339 e. The highest BCUT2D eigenvalue weighted by Crippen LogP contribution is 2.18. The molecule has 2 N–H and O–H groups in total. The van der Waals surface area contributed by atoms with Crippen LogP contribution in [0.15, 0.2) is 53.4 Å². The number of rotatable bonds is 9. The van der Waals surface area contributed by atoms with Crippen molar-refractivity contribution in [3.8, 4) is 0 Å². The van der Waals surface area contributed by atoms with Gasteiger partial charge < -0.3 is 10.2 Å². The van der Waals surface area contributed by atoms with Gasteiger partial charge in [-0.1, -0.05) is 37.6 Å². The highest BCUT2D eigenvalue weighted by atomic mass is 35.5. The van der Waals surface area contributed by atoms with Gasteiger partial charge in [0.1, 0.15) is 6.04 Å². The van der Waals surface area contributed by atoms with Crippen molar-refractivity contribution < 1.29 is 18.0 Å². The third-order valence-electron chi connectivity index (χ3n) is 4.77. The first-order valence-corrected chi connectivity index (χ1v) is 11.9. The summed E-state index contributed by atoms with van der Waals surface area (Å²) < 4.78 is 27.9. The van der Waals surface area contributed by atoms with Crippen molar-refractivity contribution >= 4 is 39.1 Å². The molecule has 0 bridgehead atoms. The molecule has 2 aromatic carbocycles. The van der Waals surface area contributed by atoms with Crippen LogP contribution in [0.5, 0.6) is 0 Å². The number of nitrogens with one attached hydrogen (secondary N) is 2. The van der Waals surface area contributed by atoms with E-state index in [9.17, 15) is 18.0 Å². The molecule has 0 fully saturated rings. The third kappa shape index (κ3) is 6.53. The lowest BCUT2D eigenvalue weighted by Gasteiger charge is -2.22. The van der Waals surface area contributed by atoms with Crippen molar-refractivity contribution in [2.45, 2.75) is 38.6 Å². The molecule has 31 heavy (non-hydrogen) atoms. The summed E-state index contributed by atoms with van der Waals surface area (Å²) in [6.45, 7) is 8.42. The molecule has 0 aliphatic rings. The summed E-state index contributed by atoms with van der Waals surface area (Å²) in [5, 5.41) is 3.00. The van der Waals surface area contributed by atoms with E-state index in [1.807, 2.05) is 13.8 Å². The quantitative estimate of drug-likeness (QED) is 0.589. The first kappa shape index (κ1) is 24.8. The van der Waals surface area contributed by atoms with Crippen LogP contribution in [0.25, 0.3) is 0 Å². The Balaban J connectivity index is 2.22. The standard InChI is InChI=1S/C22H28ClN3O4S/c1-5-26(6-2)22(28)16-9-7-11-18(13-16)24-21(27)20(15(3)4)25-31(29,30)19-12-8-10-17(23)14-19/h7-15,20,25H,5-6H2,1-4H3,(H,24,27)/t20-/m0/s1. The summed E-state index contributed by atoms with van der Waals surface area (Å²) in [5.74, 6) is -0.981. The Bertz CT molecular complexity index is 1040. The van der Waals surface area contributed by atoms with Crippen LogP contribution in [0.2, 0.25) is 5.02 Å². The Labute approximate surface area is 188 Å². The molecule has 2 aromatic rings. The minimum absolute atomic E-state index is 0.0229. The van der Waals surface area contributed by atoms with E-state index in [1.54, 1.807) is 49.1 Å². The minimum atomic E-state index is -3.96. The molecule has 168 valence electrons. The number of benzene rings is 2. The van der Waals surface area contributed by atoms with Gasteiger partial charge in [-0.3, -0.25) is 9.59 Å². The van der Waals surface area contributed by atoms with E-state index < -0.39 is 22.0 Å². The number of hydrogen-bond acceptors (Lipinski definition) is 4. The van der Waals surface area contributed by atoms with Gasteiger partial charge in [0.2, 0.25) is 15.9 Å². The number of anilines is 1. The van der Waals surface area contributed by atoms with E-state index in [4.69, 9.17) is 11.6 Å². The third-order valence-corrected chi connectivity index (χ3v) is 6.44. The monoisotopic (exact) mass is 465 g/mol. The molecular weight excluding hydrogens is 438 g/mol. The molecule has 2 amide bonds. The van der Waals surface area contributed by atoms with E-state index in [0.29, 0.717) is 24.3 Å². The Morgan fingerprint density at radius 3 is 2.26 bits per heavy atom. The van der Waals surface area contributed by atoms with Crippen molar-refractivity contribution in [1.29, 1.82) is 0 Å². The molecule has 0 unspecified atom stereocenters. The van der Waals surface area contributed by atoms with Crippen molar-refractivity contribution in [2.24, 2.45) is 5.92 Å². The van der Waals surface area contributed by atoms with Gasteiger partial charge in [-0.25, -0.2) is 8.42 Å². The highest BCUT2D eigenvalue weighted by molar-refractivity contribution is 7.89. The summed E-state index contributed by atoms with van der Waals surface area (Å²) in [4.78, 5) is 27.1. The van der Waals surface area contributed by atoms with Gasteiger partial charge in [-0.05, 0) is 56.2 Å². The lowest BCUT2D eigenvalue weighted by Crippen LogP contribution is -2.47. The zero-order valence-corrected chi connectivity index (χ0v) is 19.6. The van der Waals surface area contributed by atoms with Gasteiger partial charge in [-0.2, -0.15) is 4.72 Å². The van der Waals surface area contributed by atoms with E-state index in [2.05, 4.69) is 10.0 Å². The van der Waals surface area contributed by atoms with Gasteiger partial charge in [0.05, 0.1) is 4.90 Å². The van der Waals surface area contributed by atoms with Crippen LogP contribution < -0.4 is 10.0 Å². The Kier molecular flexibility index (Phi) is 8.61. The molecule has 2 rings (SSSR count). The molecule has 9 heteroatoms. The molecule has 1 atom stereocenters. The molecule has 0 spiro atoms. The van der Waals surface area contributed by atoms with Crippen LogP contribution in [-0.2, 0) is 14.8 Å². The van der Waals surface area contributed by atoms with E-state index >= 15 is 0 Å². The summed E-state index contributed by atoms with van der Waals surface area (Å²) >= 11 is 5.90. The lowest BCUT2D eigenvalue weighted by molar-refractivity contribution is -0.118. The van der Waals surface area contributed by atoms with Crippen molar-refractivity contribution in [2.75, 3.05) is 18.4 Å². The van der Waals surface area contributed by atoms with Crippen LogP contribution >= 0.6 is 11.6 Å². The number of amides is 2. The molecule has 0 aliphatic heterocycles. The second kappa shape index (κ2) is 10.7. The predicted octanol–water partition coefficient (Wildman–Crippen LogP) is 3.76. The normalized spacial score (nSPS) is 12.5. The zero-order valence-electron chi connectivity index (χ0n) is 18.1. The van der Waals surface area contributed by atoms with Crippen LogP contribution in [0.4, 0.5) is 5.69 Å². The molecule has 0 saturated heterocycles. The average Bonchev–Trinajstić information content (AvgIpc) is 2.72. The number of carbonyl (C=O) groups is 2. The molecular formula is C22H28ClN3O4S. The van der Waals surface area contributed by atoms with Crippen LogP contribution in [0, 0.1) is 5.92 Å². The van der Waals surface area contributed by atoms with Crippen molar-refractivity contribution in [3.63, 3.8) is 0 Å². The number of halogens is 1. The molecule has 0 heterocycles. The fourth-order valence-corrected chi connectivity index (χ4v) is 4.65. The first-order chi connectivity index (χ1) is 14.6. The van der Waals surface area contributed by atoms with E-state index in [0.717, 1.165) is 0 Å². The number of nitrogens with zero attached hydrogens (tertiary/aromatic N) is 1. The molecule has 0 radical (unpaired) electrons. The summed E-state index contributed by atoms with van der Waals surface area (Å²) in [5.41, 5.74) is 0.859. The Morgan fingerprint density at radius 1 is 1.03 bits per heavy atom. The molecule has 7 nitrogen and oxygen atoms in total. The number of carbonyl (C=O) groups excluding carboxylic acids is 2. The van der Waals surface area contributed by atoms with Gasteiger partial charge in [0.15, 0.2) is 0 Å². The summed E-state index contributed by atoms with van der Waals surface area (Å²) in [6.07, 6.45) is 0. The SMILES string of the molecule is CCN(CC)C(=O)c1cccc(NC(=O)[C@@H](NS(=O)(=O)c2cccc(Cl)c2)C(C)C)c1. The Morgan fingerprint density at radius 2 is 1.68 bits per heavy atom. The molecule has 0 saturated carbocycles. The van der Waals surface area contributed by atoms with Gasteiger partial charge in [0, 0.05) is 29.4 Å². The maximum Gasteiger partial charge on any atom is 0.253 e. The predicted molar refractivity (Wildman–Crippen MR) is 123 cm³/mol. The smallest absolute Gasteiger partial charge is 0.253 e. The van der Waals surface area contributed by atoms with Crippen LogP contribution in [-0.4, -0.2) is 44.3 Å². The van der Waals surface area contributed by atoms with E-state index in [1.165, 1.54) is 18.2 Å². The number of hydrogen-bond donors (Lipinski definition) is 2. The summed E-state index contributed by atoms with van der Waals surface area (Å²) in [7, 11) is -3.96. The summed E-state index contributed by atoms with van der Waals surface area (Å²) in [6, 6.07) is 11.4. The number of sulfonamides is 1.